The first-order valence-electron chi connectivity index (χ1n) is 8.63. The summed E-state index contributed by atoms with van der Waals surface area (Å²) in [4.78, 5) is 33.1. The Morgan fingerprint density at radius 2 is 1.78 bits per heavy atom. The van der Waals surface area contributed by atoms with E-state index in [2.05, 4.69) is 4.98 Å². The standard InChI is InChI=1S/C21H19N3O2S/c1-9-10(2)17-18(11(3)15(9)20(22)26)24-21(23-17)16-13-7-5-6-8-14(13)27-19(16)12(4)25/h5-8H,1-4H3,(H2,22,26)(H,23,24). The Morgan fingerprint density at radius 1 is 1.07 bits per heavy atom. The van der Waals surface area contributed by atoms with Crippen LogP contribution < -0.4 is 5.73 Å². The number of Topliss-reactive ketones (excluding diaryl/α,β-unsaturated/α-hetero) is 1. The van der Waals surface area contributed by atoms with E-state index in [1.165, 1.54) is 11.3 Å². The third kappa shape index (κ3) is 2.48. The molecular formula is C21H19N3O2S. The number of fused-ring (bicyclic) bond motifs is 2. The molecule has 0 radical (unpaired) electrons. The Balaban J connectivity index is 2.10. The number of nitrogens with one attached hydrogen (secondary N) is 1. The first-order chi connectivity index (χ1) is 12.8. The number of hydrogen-bond donors (Lipinski definition) is 2. The first kappa shape index (κ1) is 17.4. The number of H-pyrrole nitrogens is 1. The normalized spacial score (nSPS) is 11.4. The van der Waals surface area contributed by atoms with E-state index in [-0.39, 0.29) is 5.78 Å². The van der Waals surface area contributed by atoms with Crippen LogP contribution >= 0.6 is 11.3 Å². The van der Waals surface area contributed by atoms with E-state index >= 15 is 0 Å². The Labute approximate surface area is 160 Å². The monoisotopic (exact) mass is 377 g/mol. The molecule has 136 valence electrons. The van der Waals surface area contributed by atoms with Crippen molar-refractivity contribution in [1.82, 2.24) is 9.97 Å². The second kappa shape index (κ2) is 6.03. The Hall–Kier alpha value is -2.99. The van der Waals surface area contributed by atoms with Gasteiger partial charge in [0, 0.05) is 21.2 Å². The van der Waals surface area contributed by atoms with Crippen molar-refractivity contribution >= 4 is 44.1 Å². The number of aromatic amines is 1. The number of ketones is 1. The van der Waals surface area contributed by atoms with Gasteiger partial charge in [-0.3, -0.25) is 9.59 Å². The van der Waals surface area contributed by atoms with Gasteiger partial charge in [-0.15, -0.1) is 11.3 Å². The molecule has 5 nitrogen and oxygen atoms in total. The molecule has 2 heterocycles. The predicted octanol–water partition coefficient (Wildman–Crippen LogP) is 4.67. The summed E-state index contributed by atoms with van der Waals surface area (Å²) in [6.45, 7) is 7.27. The van der Waals surface area contributed by atoms with Gasteiger partial charge in [-0.25, -0.2) is 4.98 Å². The van der Waals surface area contributed by atoms with Gasteiger partial charge in [0.2, 0.25) is 5.91 Å². The zero-order valence-corrected chi connectivity index (χ0v) is 16.4. The number of benzene rings is 2. The van der Waals surface area contributed by atoms with E-state index in [9.17, 15) is 9.59 Å². The molecule has 0 spiro atoms. The summed E-state index contributed by atoms with van der Waals surface area (Å²) in [5.74, 6) is 0.193. The highest BCUT2D eigenvalue weighted by Gasteiger charge is 2.23. The minimum absolute atomic E-state index is 0.00843. The van der Waals surface area contributed by atoms with Crippen molar-refractivity contribution < 1.29 is 9.59 Å². The number of carbonyl (C=O) groups is 2. The number of hydrogen-bond acceptors (Lipinski definition) is 4. The van der Waals surface area contributed by atoms with Crippen LogP contribution in [0.1, 0.15) is 43.6 Å². The number of amides is 1. The van der Waals surface area contributed by atoms with Crippen LogP contribution in [0.5, 0.6) is 0 Å². The van der Waals surface area contributed by atoms with E-state index in [4.69, 9.17) is 10.7 Å². The molecule has 0 aliphatic rings. The summed E-state index contributed by atoms with van der Waals surface area (Å²) in [5.41, 5.74) is 11.1. The van der Waals surface area contributed by atoms with Crippen LogP contribution in [-0.2, 0) is 0 Å². The smallest absolute Gasteiger partial charge is 0.249 e. The fraction of sp³-hybridized carbons (Fsp3) is 0.190. The lowest BCUT2D eigenvalue weighted by Crippen LogP contribution is -2.15. The number of nitrogens with two attached hydrogens (primary N) is 1. The molecular weight excluding hydrogens is 358 g/mol. The zero-order valence-electron chi connectivity index (χ0n) is 15.6. The van der Waals surface area contributed by atoms with Gasteiger partial charge in [-0.1, -0.05) is 18.2 Å². The molecule has 0 aliphatic carbocycles. The summed E-state index contributed by atoms with van der Waals surface area (Å²) >= 11 is 1.47. The van der Waals surface area contributed by atoms with Gasteiger partial charge in [0.25, 0.3) is 0 Å². The van der Waals surface area contributed by atoms with Crippen molar-refractivity contribution in [2.45, 2.75) is 27.7 Å². The van der Waals surface area contributed by atoms with Crippen molar-refractivity contribution in [2.24, 2.45) is 5.73 Å². The van der Waals surface area contributed by atoms with Crippen LogP contribution in [0.25, 0.3) is 32.5 Å². The number of rotatable bonds is 3. The van der Waals surface area contributed by atoms with E-state index in [1.54, 1.807) is 6.92 Å². The second-order valence-electron chi connectivity index (χ2n) is 6.78. The number of primary amides is 1. The quantitative estimate of drug-likeness (QED) is 0.508. The van der Waals surface area contributed by atoms with Gasteiger partial charge in [-0.05, 0) is 50.5 Å². The first-order valence-corrected chi connectivity index (χ1v) is 9.45. The molecule has 2 aromatic carbocycles. The highest BCUT2D eigenvalue weighted by molar-refractivity contribution is 7.21. The van der Waals surface area contributed by atoms with Crippen LogP contribution in [0.3, 0.4) is 0 Å². The van der Waals surface area contributed by atoms with E-state index in [1.807, 2.05) is 45.0 Å². The molecule has 3 N–H and O–H groups in total. The Bertz CT molecular complexity index is 1260. The van der Waals surface area contributed by atoms with Crippen molar-refractivity contribution in [2.75, 3.05) is 0 Å². The van der Waals surface area contributed by atoms with E-state index in [0.29, 0.717) is 21.8 Å². The molecule has 0 aliphatic heterocycles. The summed E-state index contributed by atoms with van der Waals surface area (Å²) in [6.07, 6.45) is 0. The van der Waals surface area contributed by atoms with Gasteiger partial charge < -0.3 is 10.7 Å². The molecule has 0 atom stereocenters. The van der Waals surface area contributed by atoms with Crippen LogP contribution in [-0.4, -0.2) is 21.7 Å². The van der Waals surface area contributed by atoms with Crippen LogP contribution in [0.15, 0.2) is 24.3 Å². The zero-order chi connectivity index (χ0) is 19.5. The second-order valence-corrected chi connectivity index (χ2v) is 7.83. The predicted molar refractivity (Wildman–Crippen MR) is 110 cm³/mol. The van der Waals surface area contributed by atoms with Crippen molar-refractivity contribution in [3.8, 4) is 11.4 Å². The van der Waals surface area contributed by atoms with Gasteiger partial charge in [0.1, 0.15) is 5.82 Å². The lowest BCUT2D eigenvalue weighted by molar-refractivity contribution is 0.0996. The molecule has 4 aromatic rings. The largest absolute Gasteiger partial charge is 0.366 e. The molecule has 0 saturated heterocycles. The molecule has 2 aromatic heterocycles. The number of carbonyl (C=O) groups excluding carboxylic acids is 2. The van der Waals surface area contributed by atoms with Gasteiger partial charge in [0.05, 0.1) is 15.9 Å². The van der Waals surface area contributed by atoms with Crippen LogP contribution in [0.4, 0.5) is 0 Å². The number of aryl methyl sites for hydroxylation is 2. The third-order valence-electron chi connectivity index (χ3n) is 5.14. The summed E-state index contributed by atoms with van der Waals surface area (Å²) in [6, 6.07) is 7.92. The molecule has 0 unspecified atom stereocenters. The molecule has 27 heavy (non-hydrogen) atoms. The maximum Gasteiger partial charge on any atom is 0.249 e. The Kier molecular flexibility index (Phi) is 3.89. The fourth-order valence-electron chi connectivity index (χ4n) is 3.71. The van der Waals surface area contributed by atoms with E-state index < -0.39 is 5.91 Å². The molecule has 4 rings (SSSR count). The van der Waals surface area contributed by atoms with Crippen molar-refractivity contribution in [3.63, 3.8) is 0 Å². The Morgan fingerprint density at radius 3 is 2.44 bits per heavy atom. The highest BCUT2D eigenvalue weighted by Crippen LogP contribution is 2.39. The molecule has 6 heteroatoms. The van der Waals surface area contributed by atoms with Crippen molar-refractivity contribution in [3.05, 3.63) is 51.4 Å². The minimum atomic E-state index is -0.454. The average Bonchev–Trinajstić information content (AvgIpc) is 3.21. The van der Waals surface area contributed by atoms with E-state index in [0.717, 1.165) is 37.9 Å². The molecule has 0 saturated carbocycles. The average molecular weight is 377 g/mol. The number of imidazole rings is 1. The van der Waals surface area contributed by atoms with Gasteiger partial charge >= 0.3 is 0 Å². The lowest BCUT2D eigenvalue weighted by Gasteiger charge is -2.10. The van der Waals surface area contributed by atoms with Crippen molar-refractivity contribution in [1.29, 1.82) is 0 Å². The molecule has 0 fully saturated rings. The lowest BCUT2D eigenvalue weighted by atomic mass is 9.96. The van der Waals surface area contributed by atoms with Crippen LogP contribution in [0.2, 0.25) is 0 Å². The highest BCUT2D eigenvalue weighted by atomic mass is 32.1. The molecule has 1 amide bonds. The topological polar surface area (TPSA) is 88.8 Å². The number of nitrogens with zero attached hydrogens (tertiary/aromatic N) is 1. The maximum absolute atomic E-state index is 12.3. The summed E-state index contributed by atoms with van der Waals surface area (Å²) in [5, 5.41) is 0.994. The SMILES string of the molecule is CC(=O)c1sc2ccccc2c1-c1nc2c(C)c(C(N)=O)c(C)c(C)c2[nH]1. The van der Waals surface area contributed by atoms with Gasteiger partial charge in [0.15, 0.2) is 5.78 Å². The molecule has 0 bridgehead atoms. The number of aromatic nitrogens is 2. The summed E-state index contributed by atoms with van der Waals surface area (Å²) < 4.78 is 1.04. The fourth-order valence-corrected chi connectivity index (χ4v) is 4.81. The summed E-state index contributed by atoms with van der Waals surface area (Å²) in [7, 11) is 0. The minimum Gasteiger partial charge on any atom is -0.366 e. The van der Waals surface area contributed by atoms with Gasteiger partial charge in [-0.2, -0.15) is 0 Å². The van der Waals surface area contributed by atoms with Crippen LogP contribution in [0, 0.1) is 20.8 Å². The number of thiophene rings is 1. The maximum atomic E-state index is 12.3. The third-order valence-corrected chi connectivity index (χ3v) is 6.42.